The van der Waals surface area contributed by atoms with E-state index in [1.807, 2.05) is 0 Å². The third-order valence-electron chi connectivity index (χ3n) is 6.58. The number of ether oxygens (including phenoxy) is 2. The van der Waals surface area contributed by atoms with Crippen molar-refractivity contribution >= 4 is 31.7 Å². The van der Waals surface area contributed by atoms with Crippen molar-refractivity contribution in [3.63, 3.8) is 0 Å². The molecule has 9 heteroatoms. The third-order valence-corrected chi connectivity index (χ3v) is 9.71. The van der Waals surface area contributed by atoms with Crippen molar-refractivity contribution < 1.29 is 27.1 Å². The van der Waals surface area contributed by atoms with Gasteiger partial charge in [-0.25, -0.2) is 12.8 Å². The molecule has 0 spiro atoms. The molecule has 0 radical (unpaired) electrons. The largest absolute Gasteiger partial charge is 0.497 e. The second kappa shape index (κ2) is 10.1. The molecule has 0 aliphatic carbocycles. The minimum atomic E-state index is -4.06. The molecule has 1 atom stereocenters. The van der Waals surface area contributed by atoms with Gasteiger partial charge in [0.2, 0.25) is 5.91 Å². The molecule has 6 nitrogen and oxygen atoms in total. The number of carbonyl (C=O) groups excluding carboxylic acids is 1. The summed E-state index contributed by atoms with van der Waals surface area (Å²) in [5.74, 6) is -0.694. The molecule has 1 aliphatic heterocycles. The fraction of sp³-hybridized carbons (Fsp3) is 0.346. The van der Waals surface area contributed by atoms with Crippen molar-refractivity contribution in [3.8, 4) is 11.5 Å². The van der Waals surface area contributed by atoms with E-state index in [4.69, 9.17) is 9.47 Å². The summed E-state index contributed by atoms with van der Waals surface area (Å²) in [5.41, 5.74) is -0.781. The number of rotatable bonds is 9. The van der Waals surface area contributed by atoms with Crippen LogP contribution in [0.3, 0.4) is 0 Å². The van der Waals surface area contributed by atoms with E-state index in [2.05, 4.69) is 29.1 Å². The highest BCUT2D eigenvalue weighted by atomic mass is 79.9. The molecule has 0 bridgehead atoms. The maximum Gasteiger partial charge on any atom is 0.245 e. The lowest BCUT2D eigenvalue weighted by atomic mass is 9.87. The lowest BCUT2D eigenvalue weighted by Gasteiger charge is -2.51. The third kappa shape index (κ3) is 4.63. The lowest BCUT2D eigenvalue weighted by Crippen LogP contribution is -2.67. The standard InChI is InChI=1S/C26H29BrFNO5S/c1-6-12-26(13-7-2)24(30)29(16-18-8-10-20(33-4)15-23(18)34-5)25(3,17-35(26,31)32)21-14-19(27)9-11-22(21)28/h6-11,14-15H,1-2,12-13,16-17H2,3-5H3/t25-/m0/s1. The monoisotopic (exact) mass is 565 g/mol. The Hall–Kier alpha value is -2.65. The van der Waals surface area contributed by atoms with E-state index in [-0.39, 0.29) is 24.9 Å². The van der Waals surface area contributed by atoms with Gasteiger partial charge in [0.15, 0.2) is 14.6 Å². The number of amides is 1. The summed E-state index contributed by atoms with van der Waals surface area (Å²) in [4.78, 5) is 15.6. The lowest BCUT2D eigenvalue weighted by molar-refractivity contribution is -0.142. The maximum absolute atomic E-state index is 15.2. The Morgan fingerprint density at radius 3 is 2.34 bits per heavy atom. The van der Waals surface area contributed by atoms with Gasteiger partial charge in [-0.2, -0.15) is 0 Å². The Labute approximate surface area is 214 Å². The molecule has 1 saturated heterocycles. The number of benzene rings is 2. The van der Waals surface area contributed by atoms with E-state index < -0.39 is 37.6 Å². The summed E-state index contributed by atoms with van der Waals surface area (Å²) in [6, 6.07) is 9.44. The Morgan fingerprint density at radius 1 is 1.11 bits per heavy atom. The Bertz CT molecular complexity index is 1250. The van der Waals surface area contributed by atoms with E-state index in [9.17, 15) is 13.2 Å². The topological polar surface area (TPSA) is 72.9 Å². The first-order valence-corrected chi connectivity index (χ1v) is 13.4. The van der Waals surface area contributed by atoms with Crippen molar-refractivity contribution in [1.29, 1.82) is 0 Å². The smallest absolute Gasteiger partial charge is 0.245 e. The fourth-order valence-corrected chi connectivity index (χ4v) is 7.51. The van der Waals surface area contributed by atoms with Gasteiger partial charge in [-0.1, -0.05) is 28.1 Å². The fourth-order valence-electron chi connectivity index (χ4n) is 4.70. The molecule has 188 valence electrons. The van der Waals surface area contributed by atoms with Crippen LogP contribution in [0.15, 0.2) is 66.2 Å². The Kier molecular flexibility index (Phi) is 7.81. The van der Waals surface area contributed by atoms with E-state index >= 15 is 4.39 Å². The van der Waals surface area contributed by atoms with Crippen molar-refractivity contribution in [1.82, 2.24) is 4.90 Å². The van der Waals surface area contributed by atoms with Crippen molar-refractivity contribution in [2.75, 3.05) is 20.0 Å². The van der Waals surface area contributed by atoms with E-state index in [1.54, 1.807) is 25.1 Å². The molecular weight excluding hydrogens is 537 g/mol. The number of hydrogen-bond donors (Lipinski definition) is 0. The highest BCUT2D eigenvalue weighted by molar-refractivity contribution is 9.10. The molecule has 35 heavy (non-hydrogen) atoms. The molecule has 1 heterocycles. The summed E-state index contributed by atoms with van der Waals surface area (Å²) in [5, 5.41) is 0. The first kappa shape index (κ1) is 26.9. The second-order valence-electron chi connectivity index (χ2n) is 8.71. The molecule has 1 aliphatic rings. The van der Waals surface area contributed by atoms with E-state index in [1.165, 1.54) is 49.5 Å². The number of carbonyl (C=O) groups is 1. The van der Waals surface area contributed by atoms with Gasteiger partial charge < -0.3 is 14.4 Å². The van der Waals surface area contributed by atoms with Crippen molar-refractivity contribution in [2.45, 2.75) is 36.6 Å². The van der Waals surface area contributed by atoms with Crippen LogP contribution in [-0.4, -0.2) is 43.9 Å². The first-order chi connectivity index (χ1) is 16.5. The molecular formula is C26H29BrFNO5S. The predicted octanol–water partition coefficient (Wildman–Crippen LogP) is 5.17. The van der Waals surface area contributed by atoms with Crippen LogP contribution in [0.25, 0.3) is 0 Å². The van der Waals surface area contributed by atoms with Gasteiger partial charge in [-0.05, 0) is 50.1 Å². The van der Waals surface area contributed by atoms with Gasteiger partial charge in [-0.3, -0.25) is 4.79 Å². The van der Waals surface area contributed by atoms with Gasteiger partial charge in [-0.15, -0.1) is 13.2 Å². The van der Waals surface area contributed by atoms with Gasteiger partial charge in [0, 0.05) is 21.7 Å². The number of allylic oxidation sites excluding steroid dienone is 2. The number of methoxy groups -OCH3 is 2. The zero-order chi connectivity index (χ0) is 26.0. The Balaban J connectivity index is 2.29. The normalized spacial score (nSPS) is 20.8. The van der Waals surface area contributed by atoms with Gasteiger partial charge >= 0.3 is 0 Å². The molecule has 2 aromatic carbocycles. The number of nitrogens with zero attached hydrogens (tertiary/aromatic N) is 1. The average Bonchev–Trinajstić information content (AvgIpc) is 2.82. The minimum Gasteiger partial charge on any atom is -0.497 e. The molecule has 0 saturated carbocycles. The highest BCUT2D eigenvalue weighted by Crippen LogP contribution is 2.46. The van der Waals surface area contributed by atoms with Gasteiger partial charge in [0.25, 0.3) is 0 Å². The zero-order valence-corrected chi connectivity index (χ0v) is 22.4. The maximum atomic E-state index is 15.2. The van der Waals surface area contributed by atoms with Crippen LogP contribution in [0.4, 0.5) is 4.39 Å². The highest BCUT2D eigenvalue weighted by Gasteiger charge is 2.61. The quantitative estimate of drug-likeness (QED) is 0.392. The SMILES string of the molecule is C=CCC1(CC=C)C(=O)N(Cc2ccc(OC)cc2OC)[C@](C)(c2cc(Br)ccc2F)CS1(=O)=O. The van der Waals surface area contributed by atoms with Crippen LogP contribution in [0, 0.1) is 5.82 Å². The van der Waals surface area contributed by atoms with Gasteiger partial charge in [0.1, 0.15) is 17.3 Å². The van der Waals surface area contributed by atoms with Crippen molar-refractivity contribution in [2.24, 2.45) is 0 Å². The van der Waals surface area contributed by atoms with Crippen LogP contribution in [-0.2, 0) is 26.7 Å². The number of sulfone groups is 1. The molecule has 0 unspecified atom stereocenters. The Morgan fingerprint density at radius 2 is 1.77 bits per heavy atom. The van der Waals surface area contributed by atoms with Crippen LogP contribution >= 0.6 is 15.9 Å². The summed E-state index contributed by atoms with van der Waals surface area (Å²) in [6.07, 6.45) is 2.67. The van der Waals surface area contributed by atoms with E-state index in [0.29, 0.717) is 21.5 Å². The summed E-state index contributed by atoms with van der Waals surface area (Å²) >= 11 is 3.35. The molecule has 1 amide bonds. The summed E-state index contributed by atoms with van der Waals surface area (Å²) < 4.78 is 52.3. The van der Waals surface area contributed by atoms with Crippen LogP contribution in [0.5, 0.6) is 11.5 Å². The van der Waals surface area contributed by atoms with E-state index in [0.717, 1.165) is 0 Å². The molecule has 1 fully saturated rings. The minimum absolute atomic E-state index is 0.0139. The molecule has 2 aromatic rings. The van der Waals surface area contributed by atoms with Crippen molar-refractivity contribution in [3.05, 3.63) is 83.1 Å². The molecule has 0 aromatic heterocycles. The van der Waals surface area contributed by atoms with Crippen LogP contribution in [0.1, 0.15) is 30.9 Å². The van der Waals surface area contributed by atoms with Gasteiger partial charge in [0.05, 0.1) is 32.1 Å². The zero-order valence-electron chi connectivity index (χ0n) is 20.0. The first-order valence-electron chi connectivity index (χ1n) is 10.9. The summed E-state index contributed by atoms with van der Waals surface area (Å²) in [6.45, 7) is 8.94. The second-order valence-corrected chi connectivity index (χ2v) is 11.9. The molecule has 3 rings (SSSR count). The average molecular weight is 566 g/mol. The number of hydrogen-bond acceptors (Lipinski definition) is 5. The van der Waals surface area contributed by atoms with Crippen LogP contribution < -0.4 is 9.47 Å². The molecule has 0 N–H and O–H groups in total. The predicted molar refractivity (Wildman–Crippen MR) is 138 cm³/mol. The summed E-state index contributed by atoms with van der Waals surface area (Å²) in [7, 11) is -1.04. The number of halogens is 2. The van der Waals surface area contributed by atoms with Crippen LogP contribution in [0.2, 0.25) is 0 Å².